The number of anilines is 2. The van der Waals surface area contributed by atoms with Gasteiger partial charge in [-0.1, -0.05) is 113 Å². The minimum absolute atomic E-state index is 0.0422. The molecule has 2 atom stereocenters. The number of aromatic nitrogens is 3. The number of hydrogen-bond donors (Lipinski definition) is 1. The molecule has 1 aliphatic rings. The zero-order valence-corrected chi connectivity index (χ0v) is 45.8. The maximum Gasteiger partial charge on any atom is 0.424 e. The number of hydrogen-bond acceptors (Lipinski definition) is 10. The molecule has 3 amide bonds. The van der Waals surface area contributed by atoms with Crippen LogP contribution < -0.4 is 25.9 Å². The fourth-order valence-corrected chi connectivity index (χ4v) is 14.4. The highest BCUT2D eigenvalue weighted by Crippen LogP contribution is 2.41. The molecule has 17 heteroatoms. The predicted molar refractivity (Wildman–Crippen MR) is 288 cm³/mol. The predicted octanol–water partition coefficient (Wildman–Crippen LogP) is 11.5. The number of amides is 3. The number of rotatable bonds is 10. The molecule has 14 nitrogen and oxygen atoms in total. The molecule has 392 valence electrons. The van der Waals surface area contributed by atoms with Gasteiger partial charge in [0.05, 0.1) is 28.9 Å². The maximum absolute atomic E-state index is 17.4. The summed E-state index contributed by atoms with van der Waals surface area (Å²) in [4.78, 5) is 68.5. The highest BCUT2D eigenvalue weighted by atomic mass is 28.4. The van der Waals surface area contributed by atoms with Gasteiger partial charge in [-0.2, -0.15) is 9.88 Å². The number of piperazine rings is 1. The molecule has 1 fully saturated rings. The molecule has 1 aliphatic heterocycles. The van der Waals surface area contributed by atoms with Crippen LogP contribution in [0.3, 0.4) is 0 Å². The van der Waals surface area contributed by atoms with Crippen molar-refractivity contribution >= 4 is 59.5 Å². The molecule has 7 rings (SSSR count). The first-order chi connectivity index (χ1) is 34.5. The van der Waals surface area contributed by atoms with Crippen LogP contribution in [-0.2, 0) is 20.5 Å². The second kappa shape index (κ2) is 20.7. The zero-order chi connectivity index (χ0) is 54.4. The topological polar surface area (TPSA) is 157 Å². The Morgan fingerprint density at radius 3 is 1.85 bits per heavy atom. The molecule has 0 saturated carbocycles. The Morgan fingerprint density at radius 2 is 1.34 bits per heavy atom. The van der Waals surface area contributed by atoms with E-state index in [2.05, 4.69) is 50.0 Å². The van der Waals surface area contributed by atoms with Gasteiger partial charge in [0.1, 0.15) is 28.5 Å². The molecule has 0 aliphatic carbocycles. The molecule has 2 aromatic heterocycles. The first-order valence-electron chi connectivity index (χ1n) is 24.9. The van der Waals surface area contributed by atoms with Crippen LogP contribution >= 0.6 is 0 Å². The Morgan fingerprint density at radius 1 is 0.770 bits per heavy atom. The lowest BCUT2D eigenvalue weighted by Crippen LogP contribution is -2.66. The van der Waals surface area contributed by atoms with Crippen molar-refractivity contribution < 1.29 is 42.2 Å². The molecule has 1 N–H and O–H groups in total. The van der Waals surface area contributed by atoms with Crippen molar-refractivity contribution in [1.29, 1.82) is 0 Å². The largest absolute Gasteiger partial charge is 0.465 e. The van der Waals surface area contributed by atoms with Gasteiger partial charge in [-0.25, -0.2) is 37.5 Å². The highest BCUT2D eigenvalue weighted by molar-refractivity contribution is 6.99. The van der Waals surface area contributed by atoms with Gasteiger partial charge in [0.2, 0.25) is 0 Å². The molecule has 4 aromatic carbocycles. The minimum atomic E-state index is -3.00. The number of ether oxygens (including phenoxy) is 2. The summed E-state index contributed by atoms with van der Waals surface area (Å²) < 4.78 is 54.2. The number of carboxylic acid groups (broad SMARTS) is 1. The lowest BCUT2D eigenvalue weighted by atomic mass is 9.95. The third-order valence-corrected chi connectivity index (χ3v) is 18.0. The van der Waals surface area contributed by atoms with Crippen molar-refractivity contribution in [2.24, 2.45) is 0 Å². The number of fused-ring (bicyclic) bond motifs is 1. The van der Waals surface area contributed by atoms with Gasteiger partial charge in [0, 0.05) is 25.2 Å². The van der Waals surface area contributed by atoms with E-state index in [0.29, 0.717) is 21.7 Å². The molecular weight excluding hydrogens is 963 g/mol. The van der Waals surface area contributed by atoms with Crippen molar-refractivity contribution in [2.75, 3.05) is 22.9 Å². The summed E-state index contributed by atoms with van der Waals surface area (Å²) in [6.45, 7) is 25.8. The van der Waals surface area contributed by atoms with Gasteiger partial charge in [-0.05, 0) is 119 Å². The van der Waals surface area contributed by atoms with Crippen LogP contribution in [0.1, 0.15) is 113 Å². The van der Waals surface area contributed by atoms with Gasteiger partial charge in [-0.3, -0.25) is 0 Å². The number of carbonyl (C=O) groups excluding carboxylic acids is 2. The lowest BCUT2D eigenvalue weighted by Gasteiger charge is -2.43. The van der Waals surface area contributed by atoms with E-state index in [1.54, 1.807) is 60.3 Å². The number of carbonyl (C=O) groups is 3. The molecule has 3 heterocycles. The Bertz CT molecular complexity index is 3080. The van der Waals surface area contributed by atoms with Gasteiger partial charge < -0.3 is 28.8 Å². The second-order valence-corrected chi connectivity index (χ2v) is 26.7. The van der Waals surface area contributed by atoms with Crippen LogP contribution in [0, 0.1) is 18.6 Å². The van der Waals surface area contributed by atoms with E-state index in [-0.39, 0.29) is 47.5 Å². The van der Waals surface area contributed by atoms with Crippen molar-refractivity contribution in [1.82, 2.24) is 19.4 Å². The summed E-state index contributed by atoms with van der Waals surface area (Å²) in [5.74, 6) is -2.31. The summed E-state index contributed by atoms with van der Waals surface area (Å²) in [6, 6.07) is 28.1. The third kappa shape index (κ3) is 10.9. The average Bonchev–Trinajstić information content (AvgIpc) is 3.29. The normalized spacial score (nSPS) is 15.6. The van der Waals surface area contributed by atoms with Gasteiger partial charge in [-0.15, -0.1) is 0 Å². The van der Waals surface area contributed by atoms with Crippen molar-refractivity contribution in [3.63, 3.8) is 0 Å². The first kappa shape index (κ1) is 54.8. The van der Waals surface area contributed by atoms with Gasteiger partial charge >= 0.3 is 24.0 Å². The molecule has 6 aromatic rings. The van der Waals surface area contributed by atoms with Gasteiger partial charge in [0.25, 0.3) is 8.32 Å². The van der Waals surface area contributed by atoms with Crippen LogP contribution in [0.5, 0.6) is 0 Å². The van der Waals surface area contributed by atoms with Crippen LogP contribution in [0.15, 0.2) is 102 Å². The summed E-state index contributed by atoms with van der Waals surface area (Å²) in [6.07, 6.45) is -3.55. The number of halogens is 2. The highest BCUT2D eigenvalue weighted by Gasteiger charge is 2.50. The second-order valence-electron chi connectivity index (χ2n) is 22.4. The number of aryl methyl sites for hydroxylation is 1. The molecule has 0 spiro atoms. The summed E-state index contributed by atoms with van der Waals surface area (Å²) in [5.41, 5.74) is -2.24. The van der Waals surface area contributed by atoms with E-state index in [9.17, 15) is 19.5 Å². The van der Waals surface area contributed by atoms with Crippen LogP contribution in [-0.4, -0.2) is 87.5 Å². The van der Waals surface area contributed by atoms with E-state index in [4.69, 9.17) is 18.9 Å². The molecule has 74 heavy (non-hydrogen) atoms. The van der Waals surface area contributed by atoms with E-state index in [1.165, 1.54) is 21.6 Å². The Hall–Kier alpha value is -6.98. The fraction of sp³-hybridized carbons (Fsp3) is 0.404. The van der Waals surface area contributed by atoms with Crippen molar-refractivity contribution in [3.05, 3.63) is 136 Å². The van der Waals surface area contributed by atoms with Crippen molar-refractivity contribution in [3.8, 4) is 16.9 Å². The van der Waals surface area contributed by atoms with Gasteiger partial charge in [0.15, 0.2) is 11.5 Å². The number of benzene rings is 4. The van der Waals surface area contributed by atoms with E-state index in [1.807, 2.05) is 69.3 Å². The molecule has 0 radical (unpaired) electrons. The summed E-state index contributed by atoms with van der Waals surface area (Å²) in [7, 11) is -3.00. The van der Waals surface area contributed by atoms with E-state index >= 15 is 13.6 Å². The minimum Gasteiger partial charge on any atom is -0.465 e. The Balaban J connectivity index is 1.49. The quantitative estimate of drug-likeness (QED) is 0.130. The SMILES string of the molecule is Cc1cc(CO[Si](c2ccccc2)(c2ccccc2)C(C)(C)C)cc(C(C)C)c1-n1c(=O)nc(N2CC(C)N(C(=O)O)CC2C)c2cc(F)c(-c3c(F)cccc3N(C(=O)OC(C)(C)C)C(=O)OC(C)(C)C)nc21. The monoisotopic (exact) mass is 1030 g/mol. The van der Waals surface area contributed by atoms with Crippen molar-refractivity contribution in [2.45, 2.75) is 138 Å². The van der Waals surface area contributed by atoms with E-state index in [0.717, 1.165) is 28.1 Å². The first-order valence-corrected chi connectivity index (χ1v) is 26.8. The number of pyridine rings is 1. The van der Waals surface area contributed by atoms with Crippen LogP contribution in [0.25, 0.3) is 28.0 Å². The Labute approximate surface area is 433 Å². The third-order valence-electron chi connectivity index (χ3n) is 13.0. The molecule has 0 bridgehead atoms. The molecular formula is C57H68F2N6O8Si. The lowest BCUT2D eigenvalue weighted by molar-refractivity contribution is 0.0430. The number of imide groups is 1. The van der Waals surface area contributed by atoms with Crippen LogP contribution in [0.2, 0.25) is 5.04 Å². The summed E-state index contributed by atoms with van der Waals surface area (Å²) in [5, 5.41) is 12.0. The maximum atomic E-state index is 17.4. The smallest absolute Gasteiger partial charge is 0.424 e. The summed E-state index contributed by atoms with van der Waals surface area (Å²) >= 11 is 0. The Kier molecular flexibility index (Phi) is 15.3. The standard InChI is InChI=1S/C57H68F2N6O8Si/c1-34(2)41-29-38(33-71-74(57(12,13)14,39-22-17-15-18-23-39)40-24-19-16-20-25-40)28-35(3)48(41)65-50-42(49(61-51(65)66)62-31-37(5)63(52(67)68)32-36(62)4)30-44(59)47(60-50)46-43(58)26-21-27-45(46)64(53(69)72-55(6,7)8)54(70)73-56(9,10)11/h15-30,34,36-37H,31-33H2,1-14H3,(H,67,68). The van der Waals surface area contributed by atoms with E-state index < -0.39 is 84.2 Å². The zero-order valence-electron chi connectivity index (χ0n) is 44.8. The average molecular weight is 1030 g/mol. The molecule has 1 saturated heterocycles. The fourth-order valence-electron chi connectivity index (χ4n) is 9.88. The van der Waals surface area contributed by atoms with Crippen LogP contribution in [0.4, 0.5) is 34.7 Å². The molecule has 2 unspecified atom stereocenters. The number of nitrogens with zero attached hydrogens (tertiary/aromatic N) is 6.